The summed E-state index contributed by atoms with van der Waals surface area (Å²) in [4.78, 5) is 33.1. The maximum absolute atomic E-state index is 13.0. The van der Waals surface area contributed by atoms with Crippen LogP contribution in [0.1, 0.15) is 56.6 Å². The van der Waals surface area contributed by atoms with E-state index in [1.54, 1.807) is 4.68 Å². The number of nitrogens with one attached hydrogen (secondary N) is 1. The smallest absolute Gasteiger partial charge is 0.326 e. The van der Waals surface area contributed by atoms with Gasteiger partial charge in [0.1, 0.15) is 6.04 Å². The van der Waals surface area contributed by atoms with Crippen LogP contribution in [0.3, 0.4) is 0 Å². The molecule has 1 amide bonds. The normalized spacial score (nSPS) is 27.5. The standard InChI is InChI=1S/C21H26N8O2/c1-13-20(30)27-10-4-7-17(27)18(19-23-24-25-29(13)19)26-11-8-14(9-12-26)28-16-6-3-2-5-15(16)22-21(28)31/h2-3,5-6,13-14,17-18H,4,7-12H2,1H3,(H,22,31). The minimum Gasteiger partial charge on any atom is -0.336 e. The van der Waals surface area contributed by atoms with Crippen LogP contribution < -0.4 is 5.69 Å². The van der Waals surface area contributed by atoms with Gasteiger partial charge in [0.2, 0.25) is 5.91 Å². The van der Waals surface area contributed by atoms with Gasteiger partial charge in [-0.3, -0.25) is 14.3 Å². The SMILES string of the molecule is CC1C(=O)N2CCCC2C(N2CCC(n3c(=O)[nH]c4ccccc43)CC2)c2nnnn21. The van der Waals surface area contributed by atoms with Gasteiger partial charge in [-0.1, -0.05) is 12.1 Å². The van der Waals surface area contributed by atoms with Crippen LogP contribution in [0.2, 0.25) is 0 Å². The first-order valence-corrected chi connectivity index (χ1v) is 11.1. The van der Waals surface area contributed by atoms with Gasteiger partial charge in [-0.2, -0.15) is 0 Å². The Morgan fingerprint density at radius 3 is 2.71 bits per heavy atom. The number of amides is 1. The van der Waals surface area contributed by atoms with E-state index in [2.05, 4.69) is 25.4 Å². The summed E-state index contributed by atoms with van der Waals surface area (Å²) >= 11 is 0. The van der Waals surface area contributed by atoms with Crippen molar-refractivity contribution in [2.75, 3.05) is 19.6 Å². The number of hydrogen-bond donors (Lipinski definition) is 1. The molecule has 10 heteroatoms. The number of piperidine rings is 1. The first-order valence-electron chi connectivity index (χ1n) is 11.1. The number of aromatic amines is 1. The molecular weight excluding hydrogens is 396 g/mol. The van der Waals surface area contributed by atoms with Gasteiger partial charge >= 0.3 is 5.69 Å². The maximum atomic E-state index is 13.0. The van der Waals surface area contributed by atoms with Gasteiger partial charge in [0, 0.05) is 25.7 Å². The van der Waals surface area contributed by atoms with E-state index in [1.807, 2.05) is 40.7 Å². The fourth-order valence-corrected chi connectivity index (χ4v) is 5.85. The van der Waals surface area contributed by atoms with Gasteiger partial charge in [0.05, 0.1) is 23.1 Å². The number of carbonyl (C=O) groups is 1. The Kier molecular flexibility index (Phi) is 4.24. The molecule has 3 unspecified atom stereocenters. The molecule has 0 spiro atoms. The lowest BCUT2D eigenvalue weighted by molar-refractivity contribution is -0.135. The molecule has 3 aromatic rings. The van der Waals surface area contributed by atoms with Crippen LogP contribution in [0, 0.1) is 0 Å². The number of imidazole rings is 1. The Bertz CT molecular complexity index is 1190. The van der Waals surface area contributed by atoms with Crippen molar-refractivity contribution >= 4 is 16.9 Å². The summed E-state index contributed by atoms with van der Waals surface area (Å²) in [5.74, 6) is 0.900. The quantitative estimate of drug-likeness (QED) is 0.667. The fourth-order valence-electron chi connectivity index (χ4n) is 5.85. The highest BCUT2D eigenvalue weighted by molar-refractivity contribution is 5.81. The molecule has 2 saturated heterocycles. The van der Waals surface area contributed by atoms with Crippen LogP contribution in [0.15, 0.2) is 29.1 Å². The third kappa shape index (κ3) is 2.77. The van der Waals surface area contributed by atoms with Crippen molar-refractivity contribution in [2.45, 2.75) is 56.8 Å². The molecule has 1 aromatic carbocycles. The summed E-state index contributed by atoms with van der Waals surface area (Å²) in [6.07, 6.45) is 3.73. The zero-order chi connectivity index (χ0) is 21.1. The number of fused-ring (bicyclic) bond motifs is 3. The van der Waals surface area contributed by atoms with E-state index >= 15 is 0 Å². The molecule has 5 heterocycles. The molecule has 0 aliphatic carbocycles. The Morgan fingerprint density at radius 2 is 1.87 bits per heavy atom. The molecule has 10 nitrogen and oxygen atoms in total. The average Bonchev–Trinajstić information content (AvgIpc) is 3.51. The van der Waals surface area contributed by atoms with Crippen LogP contribution in [0.5, 0.6) is 0 Å². The third-order valence-corrected chi connectivity index (χ3v) is 7.34. The average molecular weight is 422 g/mol. The second kappa shape index (κ2) is 7.01. The molecule has 3 atom stereocenters. The number of likely N-dealkylation sites (tertiary alicyclic amines) is 1. The summed E-state index contributed by atoms with van der Waals surface area (Å²) in [6.45, 7) is 4.35. The highest BCUT2D eigenvalue weighted by atomic mass is 16.2. The predicted octanol–water partition coefficient (Wildman–Crippen LogP) is 1.26. The number of rotatable bonds is 2. The van der Waals surface area contributed by atoms with Crippen molar-refractivity contribution in [3.63, 3.8) is 0 Å². The molecule has 3 aliphatic heterocycles. The van der Waals surface area contributed by atoms with Crippen LogP contribution in [-0.2, 0) is 4.79 Å². The van der Waals surface area contributed by atoms with E-state index in [0.717, 1.165) is 62.2 Å². The van der Waals surface area contributed by atoms with Crippen molar-refractivity contribution in [2.24, 2.45) is 0 Å². The molecule has 3 aliphatic rings. The summed E-state index contributed by atoms with van der Waals surface area (Å²) in [6, 6.07) is 7.74. The molecule has 31 heavy (non-hydrogen) atoms. The number of hydrogen-bond acceptors (Lipinski definition) is 6. The molecule has 1 N–H and O–H groups in total. The summed E-state index contributed by atoms with van der Waals surface area (Å²) in [5, 5.41) is 12.4. The van der Waals surface area contributed by atoms with E-state index in [9.17, 15) is 9.59 Å². The second-order valence-electron chi connectivity index (χ2n) is 8.93. The van der Waals surface area contributed by atoms with Crippen molar-refractivity contribution < 1.29 is 4.79 Å². The van der Waals surface area contributed by atoms with E-state index < -0.39 is 0 Å². The van der Waals surface area contributed by atoms with Crippen LogP contribution in [0.25, 0.3) is 11.0 Å². The lowest BCUT2D eigenvalue weighted by Crippen LogP contribution is -2.47. The van der Waals surface area contributed by atoms with Gasteiger partial charge in [-0.25, -0.2) is 9.48 Å². The maximum Gasteiger partial charge on any atom is 0.326 e. The second-order valence-corrected chi connectivity index (χ2v) is 8.93. The molecule has 162 valence electrons. The van der Waals surface area contributed by atoms with Crippen molar-refractivity contribution in [3.05, 3.63) is 40.6 Å². The first-order chi connectivity index (χ1) is 15.1. The van der Waals surface area contributed by atoms with Crippen molar-refractivity contribution in [3.8, 4) is 0 Å². The van der Waals surface area contributed by atoms with Crippen LogP contribution >= 0.6 is 0 Å². The lowest BCUT2D eigenvalue weighted by atomic mass is 9.97. The Labute approximate surface area is 178 Å². The van der Waals surface area contributed by atoms with E-state index in [4.69, 9.17) is 0 Å². The van der Waals surface area contributed by atoms with Crippen molar-refractivity contribution in [1.82, 2.24) is 39.6 Å². The van der Waals surface area contributed by atoms with E-state index in [-0.39, 0.29) is 35.8 Å². The molecule has 2 fully saturated rings. The number of carbonyl (C=O) groups excluding carboxylic acids is 1. The molecule has 6 rings (SSSR count). The number of H-pyrrole nitrogens is 1. The lowest BCUT2D eigenvalue weighted by Gasteiger charge is -2.40. The number of para-hydroxylation sites is 2. The minimum absolute atomic E-state index is 0.00737. The van der Waals surface area contributed by atoms with Crippen LogP contribution in [0.4, 0.5) is 0 Å². The minimum atomic E-state index is -0.377. The Morgan fingerprint density at radius 1 is 1.06 bits per heavy atom. The molecular formula is C21H26N8O2. The number of aromatic nitrogens is 6. The summed E-state index contributed by atoms with van der Waals surface area (Å²) in [7, 11) is 0. The van der Waals surface area contributed by atoms with Gasteiger partial charge in [0.25, 0.3) is 0 Å². The third-order valence-electron chi connectivity index (χ3n) is 7.34. The number of benzene rings is 1. The highest BCUT2D eigenvalue weighted by Crippen LogP contribution is 2.39. The molecule has 2 aromatic heterocycles. The topological polar surface area (TPSA) is 105 Å². The van der Waals surface area contributed by atoms with Gasteiger partial charge < -0.3 is 9.88 Å². The molecule has 0 radical (unpaired) electrons. The van der Waals surface area contributed by atoms with Gasteiger partial charge in [0.15, 0.2) is 5.82 Å². The number of tetrazole rings is 1. The monoisotopic (exact) mass is 422 g/mol. The zero-order valence-corrected chi connectivity index (χ0v) is 17.5. The highest BCUT2D eigenvalue weighted by Gasteiger charge is 2.47. The summed E-state index contributed by atoms with van der Waals surface area (Å²) in [5.41, 5.74) is 1.80. The number of nitrogens with zero attached hydrogens (tertiary/aromatic N) is 7. The predicted molar refractivity (Wildman–Crippen MR) is 112 cm³/mol. The van der Waals surface area contributed by atoms with Gasteiger partial charge in [-0.05, 0) is 55.2 Å². The molecule has 0 saturated carbocycles. The Hall–Kier alpha value is -3.01. The van der Waals surface area contributed by atoms with Crippen LogP contribution in [-0.4, -0.2) is 71.1 Å². The largest absolute Gasteiger partial charge is 0.336 e. The first kappa shape index (κ1) is 18.7. The molecule has 0 bridgehead atoms. The van der Waals surface area contributed by atoms with E-state index in [0.29, 0.717) is 0 Å². The zero-order valence-electron chi connectivity index (χ0n) is 17.5. The fraction of sp³-hybridized carbons (Fsp3) is 0.571. The Balaban J connectivity index is 1.30. The van der Waals surface area contributed by atoms with Crippen molar-refractivity contribution in [1.29, 1.82) is 0 Å². The van der Waals surface area contributed by atoms with Gasteiger partial charge in [-0.15, -0.1) is 5.10 Å². The summed E-state index contributed by atoms with van der Waals surface area (Å²) < 4.78 is 3.62. The van der Waals surface area contributed by atoms with E-state index in [1.165, 1.54) is 0 Å².